The van der Waals surface area contributed by atoms with Crippen molar-refractivity contribution in [3.63, 3.8) is 0 Å². The van der Waals surface area contributed by atoms with E-state index in [2.05, 4.69) is 9.97 Å². The Morgan fingerprint density at radius 2 is 1.83 bits per heavy atom. The number of aromatic nitrogens is 2. The number of oxazole rings is 1. The summed E-state index contributed by atoms with van der Waals surface area (Å²) in [5.74, 6) is 1.58. The fourth-order valence-electron chi connectivity index (χ4n) is 2.67. The van der Waals surface area contributed by atoms with Crippen LogP contribution in [0.2, 0.25) is 5.15 Å². The molecule has 120 valence electrons. The number of ether oxygens (including phenoxy) is 2. The van der Waals surface area contributed by atoms with Crippen molar-refractivity contribution in [2.45, 2.75) is 0 Å². The van der Waals surface area contributed by atoms with Crippen molar-refractivity contribution in [2.24, 2.45) is 0 Å². The average Bonchev–Trinajstić information content (AvgIpc) is 3.03. The van der Waals surface area contributed by atoms with Gasteiger partial charge in [-0.25, -0.2) is 9.97 Å². The predicted octanol–water partition coefficient (Wildman–Crippen LogP) is 4.71. The zero-order chi connectivity index (χ0) is 16.7. The smallest absolute Gasteiger partial charge is 0.230 e. The Morgan fingerprint density at radius 3 is 2.58 bits per heavy atom. The topological polar surface area (TPSA) is 57.4 Å². The maximum atomic E-state index is 6.38. The van der Waals surface area contributed by atoms with E-state index < -0.39 is 0 Å². The van der Waals surface area contributed by atoms with Crippen LogP contribution in [0.1, 0.15) is 0 Å². The second-order valence-corrected chi connectivity index (χ2v) is 5.54. The second-order valence-electron chi connectivity index (χ2n) is 5.19. The molecule has 2 heterocycles. The van der Waals surface area contributed by atoms with E-state index in [1.165, 1.54) is 0 Å². The van der Waals surface area contributed by atoms with Gasteiger partial charge >= 0.3 is 0 Å². The van der Waals surface area contributed by atoms with Crippen molar-refractivity contribution in [1.29, 1.82) is 0 Å². The number of methoxy groups -OCH3 is 2. The fraction of sp³-hybridized carbons (Fsp3) is 0.111. The standard InChI is InChI=1S/C18H13ClN2O3/c1-22-14-8-7-10-9-11(17(19)21-15(10)16(14)23-2)18-20-12-5-3-4-6-13(12)24-18/h3-9H,1-2H3. The molecule has 5 nitrogen and oxygen atoms in total. The lowest BCUT2D eigenvalue weighted by atomic mass is 10.1. The second kappa shape index (κ2) is 5.69. The van der Waals surface area contributed by atoms with Crippen LogP contribution in [0.3, 0.4) is 0 Å². The molecule has 0 fully saturated rings. The van der Waals surface area contributed by atoms with E-state index in [9.17, 15) is 0 Å². The number of halogens is 1. The maximum absolute atomic E-state index is 6.38. The number of hydrogen-bond acceptors (Lipinski definition) is 5. The van der Waals surface area contributed by atoms with Crippen molar-refractivity contribution in [3.8, 4) is 23.0 Å². The van der Waals surface area contributed by atoms with Crippen molar-refractivity contribution in [2.75, 3.05) is 14.2 Å². The molecule has 0 bridgehead atoms. The third kappa shape index (κ3) is 2.25. The van der Waals surface area contributed by atoms with Crippen molar-refractivity contribution in [3.05, 3.63) is 47.6 Å². The van der Waals surface area contributed by atoms with Crippen LogP contribution in [0.4, 0.5) is 0 Å². The monoisotopic (exact) mass is 340 g/mol. The van der Waals surface area contributed by atoms with Crippen molar-refractivity contribution < 1.29 is 13.9 Å². The third-order valence-corrected chi connectivity index (χ3v) is 4.10. The predicted molar refractivity (Wildman–Crippen MR) is 92.9 cm³/mol. The highest BCUT2D eigenvalue weighted by atomic mass is 35.5. The SMILES string of the molecule is COc1ccc2cc(-c3nc4ccccc4o3)c(Cl)nc2c1OC. The summed E-state index contributed by atoms with van der Waals surface area (Å²) in [6.07, 6.45) is 0. The molecular weight excluding hydrogens is 328 g/mol. The van der Waals surface area contributed by atoms with Gasteiger partial charge in [0.1, 0.15) is 16.2 Å². The quantitative estimate of drug-likeness (QED) is 0.505. The Labute approximate surface area is 142 Å². The summed E-state index contributed by atoms with van der Waals surface area (Å²) >= 11 is 6.38. The lowest BCUT2D eigenvalue weighted by Gasteiger charge is -2.11. The summed E-state index contributed by atoms with van der Waals surface area (Å²) in [6.45, 7) is 0. The average molecular weight is 341 g/mol. The molecule has 0 amide bonds. The van der Waals surface area contributed by atoms with E-state index in [0.717, 1.165) is 10.9 Å². The molecule has 0 spiro atoms. The van der Waals surface area contributed by atoms with Gasteiger partial charge in [0.05, 0.1) is 19.8 Å². The van der Waals surface area contributed by atoms with Gasteiger partial charge in [0, 0.05) is 5.39 Å². The molecule has 0 saturated heterocycles. The van der Waals surface area contributed by atoms with Crippen molar-refractivity contribution in [1.82, 2.24) is 9.97 Å². The lowest BCUT2D eigenvalue weighted by molar-refractivity contribution is 0.358. The van der Waals surface area contributed by atoms with Crippen LogP contribution in [0.15, 0.2) is 46.9 Å². The van der Waals surface area contributed by atoms with Gasteiger partial charge in [-0.15, -0.1) is 0 Å². The molecule has 6 heteroatoms. The van der Waals surface area contributed by atoms with E-state index in [4.69, 9.17) is 25.5 Å². The van der Waals surface area contributed by atoms with Gasteiger partial charge in [-0.2, -0.15) is 0 Å². The summed E-state index contributed by atoms with van der Waals surface area (Å²) in [7, 11) is 3.15. The molecule has 0 aliphatic heterocycles. The molecule has 0 N–H and O–H groups in total. The van der Waals surface area contributed by atoms with Gasteiger partial charge in [-0.05, 0) is 30.3 Å². The van der Waals surface area contributed by atoms with Gasteiger partial charge < -0.3 is 13.9 Å². The van der Waals surface area contributed by atoms with Crippen LogP contribution in [0.5, 0.6) is 11.5 Å². The molecular formula is C18H13ClN2O3. The highest BCUT2D eigenvalue weighted by Crippen LogP contribution is 2.38. The molecule has 4 aromatic rings. The summed E-state index contributed by atoms with van der Waals surface area (Å²) < 4.78 is 16.5. The molecule has 0 saturated carbocycles. The molecule has 0 aliphatic carbocycles. The van der Waals surface area contributed by atoms with Crippen LogP contribution in [0, 0.1) is 0 Å². The Morgan fingerprint density at radius 1 is 1.00 bits per heavy atom. The van der Waals surface area contributed by atoms with Crippen molar-refractivity contribution >= 4 is 33.6 Å². The molecule has 0 radical (unpaired) electrons. The molecule has 24 heavy (non-hydrogen) atoms. The number of rotatable bonds is 3. The Kier molecular flexibility index (Phi) is 3.50. The molecule has 4 rings (SSSR count). The van der Waals surface area contributed by atoms with E-state index in [0.29, 0.717) is 39.2 Å². The summed E-state index contributed by atoms with van der Waals surface area (Å²) in [5.41, 5.74) is 2.74. The number of benzene rings is 2. The third-order valence-electron chi connectivity index (χ3n) is 3.81. The molecule has 2 aromatic carbocycles. The number of hydrogen-bond donors (Lipinski definition) is 0. The van der Waals surface area contributed by atoms with Crippen LogP contribution in [-0.2, 0) is 0 Å². The lowest BCUT2D eigenvalue weighted by Crippen LogP contribution is -1.94. The minimum absolute atomic E-state index is 0.292. The fourth-order valence-corrected chi connectivity index (χ4v) is 2.89. The highest BCUT2D eigenvalue weighted by molar-refractivity contribution is 6.32. The Bertz CT molecular complexity index is 1030. The van der Waals surface area contributed by atoms with Gasteiger partial charge in [-0.1, -0.05) is 23.7 Å². The van der Waals surface area contributed by atoms with Crippen LogP contribution in [0.25, 0.3) is 33.5 Å². The van der Waals surface area contributed by atoms with Gasteiger partial charge in [0.15, 0.2) is 17.1 Å². The zero-order valence-corrected chi connectivity index (χ0v) is 13.8. The number of nitrogens with zero attached hydrogens (tertiary/aromatic N) is 2. The van der Waals surface area contributed by atoms with E-state index in [-0.39, 0.29) is 0 Å². The molecule has 2 aromatic heterocycles. The Balaban J connectivity index is 1.95. The van der Waals surface area contributed by atoms with E-state index in [1.54, 1.807) is 14.2 Å². The first-order valence-electron chi connectivity index (χ1n) is 7.28. The first-order chi connectivity index (χ1) is 11.7. The number of para-hydroxylation sites is 2. The normalized spacial score (nSPS) is 11.1. The maximum Gasteiger partial charge on any atom is 0.230 e. The van der Waals surface area contributed by atoms with Gasteiger partial charge in [-0.3, -0.25) is 0 Å². The summed E-state index contributed by atoms with van der Waals surface area (Å²) in [5, 5.41) is 1.15. The minimum Gasteiger partial charge on any atom is -0.493 e. The van der Waals surface area contributed by atoms with E-state index >= 15 is 0 Å². The largest absolute Gasteiger partial charge is 0.493 e. The molecule has 0 atom stereocenters. The minimum atomic E-state index is 0.292. The zero-order valence-electron chi connectivity index (χ0n) is 13.0. The summed E-state index contributed by atoms with van der Waals surface area (Å²) in [4.78, 5) is 8.94. The highest BCUT2D eigenvalue weighted by Gasteiger charge is 2.17. The van der Waals surface area contributed by atoms with Crippen LogP contribution in [-0.4, -0.2) is 24.2 Å². The first-order valence-corrected chi connectivity index (χ1v) is 7.66. The summed E-state index contributed by atoms with van der Waals surface area (Å²) in [6, 6.07) is 13.2. The van der Waals surface area contributed by atoms with E-state index in [1.807, 2.05) is 42.5 Å². The number of pyridine rings is 1. The molecule has 0 aliphatic rings. The molecule has 0 unspecified atom stereocenters. The van der Waals surface area contributed by atoms with Crippen LogP contribution < -0.4 is 9.47 Å². The van der Waals surface area contributed by atoms with Gasteiger partial charge in [0.25, 0.3) is 0 Å². The van der Waals surface area contributed by atoms with Crippen LogP contribution >= 0.6 is 11.6 Å². The van der Waals surface area contributed by atoms with Gasteiger partial charge in [0.2, 0.25) is 5.89 Å². The Hall–Kier alpha value is -2.79. The number of fused-ring (bicyclic) bond motifs is 2. The first kappa shape index (κ1) is 14.8.